The highest BCUT2D eigenvalue weighted by atomic mass is 16.3. The number of aromatic nitrogens is 1. The maximum absolute atomic E-state index is 12.8. The standard InChI is InChI=1S/C19H21N3O3/c1-4-10-20-18(23)16-13-25-17(21-16)12-22(11-5-2)19(24)15-9-7-6-8-14(15)3/h4-9,13H,1-2,10-12H2,3H3,(H,20,23). The molecule has 6 heteroatoms. The van der Waals surface area contributed by atoms with Crippen LogP contribution in [0.1, 0.15) is 32.3 Å². The molecule has 0 bridgehead atoms. The van der Waals surface area contributed by atoms with Crippen molar-refractivity contribution in [2.45, 2.75) is 13.5 Å². The monoisotopic (exact) mass is 339 g/mol. The van der Waals surface area contributed by atoms with E-state index < -0.39 is 0 Å². The van der Waals surface area contributed by atoms with E-state index in [-0.39, 0.29) is 29.9 Å². The predicted molar refractivity (Wildman–Crippen MR) is 95.1 cm³/mol. The Morgan fingerprint density at radius 1 is 1.28 bits per heavy atom. The van der Waals surface area contributed by atoms with E-state index in [4.69, 9.17) is 4.42 Å². The number of amides is 2. The van der Waals surface area contributed by atoms with Gasteiger partial charge in [-0.25, -0.2) is 4.98 Å². The van der Waals surface area contributed by atoms with Crippen LogP contribution in [0.2, 0.25) is 0 Å². The van der Waals surface area contributed by atoms with Gasteiger partial charge in [-0.2, -0.15) is 0 Å². The van der Waals surface area contributed by atoms with Gasteiger partial charge in [0, 0.05) is 18.7 Å². The van der Waals surface area contributed by atoms with Crippen molar-refractivity contribution in [1.82, 2.24) is 15.2 Å². The Labute approximate surface area is 146 Å². The zero-order chi connectivity index (χ0) is 18.2. The number of nitrogens with zero attached hydrogens (tertiary/aromatic N) is 2. The molecule has 0 saturated carbocycles. The van der Waals surface area contributed by atoms with E-state index in [0.717, 1.165) is 5.56 Å². The van der Waals surface area contributed by atoms with Crippen LogP contribution in [0.5, 0.6) is 0 Å². The molecule has 130 valence electrons. The van der Waals surface area contributed by atoms with Gasteiger partial charge in [0.2, 0.25) is 5.89 Å². The van der Waals surface area contributed by atoms with Gasteiger partial charge in [-0.15, -0.1) is 13.2 Å². The molecule has 2 rings (SSSR count). The van der Waals surface area contributed by atoms with Crippen LogP contribution in [0.15, 0.2) is 60.3 Å². The first kappa shape index (κ1) is 18.2. The molecule has 0 aliphatic heterocycles. The Kier molecular flexibility index (Phi) is 6.28. The van der Waals surface area contributed by atoms with Crippen LogP contribution < -0.4 is 5.32 Å². The fourth-order valence-electron chi connectivity index (χ4n) is 2.26. The number of oxazole rings is 1. The molecule has 0 aliphatic rings. The van der Waals surface area contributed by atoms with Crippen molar-refractivity contribution in [3.05, 3.63) is 78.6 Å². The zero-order valence-corrected chi connectivity index (χ0v) is 14.2. The third kappa shape index (κ3) is 4.67. The molecule has 0 atom stereocenters. The van der Waals surface area contributed by atoms with Crippen LogP contribution in [0.3, 0.4) is 0 Å². The lowest BCUT2D eigenvalue weighted by molar-refractivity contribution is 0.0748. The van der Waals surface area contributed by atoms with Crippen LogP contribution in [-0.4, -0.2) is 34.8 Å². The van der Waals surface area contributed by atoms with Crippen molar-refractivity contribution in [2.24, 2.45) is 0 Å². The van der Waals surface area contributed by atoms with Gasteiger partial charge in [0.15, 0.2) is 5.69 Å². The van der Waals surface area contributed by atoms with Gasteiger partial charge in [-0.3, -0.25) is 9.59 Å². The Hall–Kier alpha value is -3.15. The smallest absolute Gasteiger partial charge is 0.273 e. The molecular formula is C19H21N3O3. The van der Waals surface area contributed by atoms with Crippen LogP contribution >= 0.6 is 0 Å². The highest BCUT2D eigenvalue weighted by Gasteiger charge is 2.20. The van der Waals surface area contributed by atoms with Crippen molar-refractivity contribution >= 4 is 11.8 Å². The molecule has 2 aromatic rings. The Bertz CT molecular complexity index is 780. The summed E-state index contributed by atoms with van der Waals surface area (Å²) in [7, 11) is 0. The Morgan fingerprint density at radius 2 is 2.04 bits per heavy atom. The third-order valence-electron chi connectivity index (χ3n) is 3.53. The molecule has 1 aromatic heterocycles. The summed E-state index contributed by atoms with van der Waals surface area (Å²) in [5.41, 5.74) is 1.66. The molecule has 2 amide bonds. The summed E-state index contributed by atoms with van der Waals surface area (Å²) in [5, 5.41) is 2.62. The van der Waals surface area contributed by atoms with E-state index in [0.29, 0.717) is 18.7 Å². The molecule has 0 spiro atoms. The average Bonchev–Trinajstić information content (AvgIpc) is 3.08. The SMILES string of the molecule is C=CCNC(=O)c1coc(CN(CC=C)C(=O)c2ccccc2C)n1. The van der Waals surface area contributed by atoms with Crippen molar-refractivity contribution in [2.75, 3.05) is 13.1 Å². The summed E-state index contributed by atoms with van der Waals surface area (Å²) >= 11 is 0. The van der Waals surface area contributed by atoms with Gasteiger partial charge in [0.25, 0.3) is 11.8 Å². The number of rotatable bonds is 8. The fraction of sp³-hybridized carbons (Fsp3) is 0.211. The molecule has 6 nitrogen and oxygen atoms in total. The van der Waals surface area contributed by atoms with Gasteiger partial charge in [0.05, 0.1) is 6.54 Å². The maximum atomic E-state index is 12.8. The number of aryl methyl sites for hydroxylation is 1. The van der Waals surface area contributed by atoms with Crippen molar-refractivity contribution < 1.29 is 14.0 Å². The summed E-state index contributed by atoms with van der Waals surface area (Å²) in [6.07, 6.45) is 4.49. The van der Waals surface area contributed by atoms with E-state index >= 15 is 0 Å². The molecule has 0 unspecified atom stereocenters. The molecule has 0 fully saturated rings. The maximum Gasteiger partial charge on any atom is 0.273 e. The number of nitrogens with one attached hydrogen (secondary N) is 1. The van der Waals surface area contributed by atoms with Gasteiger partial charge in [-0.1, -0.05) is 30.4 Å². The second kappa shape index (κ2) is 8.63. The number of hydrogen-bond acceptors (Lipinski definition) is 4. The summed E-state index contributed by atoms with van der Waals surface area (Å²) in [6.45, 7) is 9.94. The topological polar surface area (TPSA) is 75.4 Å². The lowest BCUT2D eigenvalue weighted by Crippen LogP contribution is -2.31. The Balaban J connectivity index is 2.14. The van der Waals surface area contributed by atoms with E-state index in [1.807, 2.05) is 25.1 Å². The van der Waals surface area contributed by atoms with Gasteiger partial charge >= 0.3 is 0 Å². The van der Waals surface area contributed by atoms with E-state index in [2.05, 4.69) is 23.5 Å². The summed E-state index contributed by atoms with van der Waals surface area (Å²) < 4.78 is 5.33. The minimum absolute atomic E-state index is 0.145. The van der Waals surface area contributed by atoms with Gasteiger partial charge in [-0.05, 0) is 18.6 Å². The molecule has 0 saturated heterocycles. The van der Waals surface area contributed by atoms with Crippen LogP contribution in [0.25, 0.3) is 0 Å². The lowest BCUT2D eigenvalue weighted by Gasteiger charge is -2.20. The molecule has 0 aliphatic carbocycles. The summed E-state index contributed by atoms with van der Waals surface area (Å²) in [4.78, 5) is 30.3. The summed E-state index contributed by atoms with van der Waals surface area (Å²) in [6, 6.07) is 7.36. The van der Waals surface area contributed by atoms with Crippen LogP contribution in [0.4, 0.5) is 0 Å². The summed E-state index contributed by atoms with van der Waals surface area (Å²) in [5.74, 6) is -0.211. The minimum atomic E-state index is -0.351. The highest BCUT2D eigenvalue weighted by Crippen LogP contribution is 2.14. The Morgan fingerprint density at radius 3 is 2.72 bits per heavy atom. The van der Waals surface area contributed by atoms with E-state index in [9.17, 15) is 9.59 Å². The van der Waals surface area contributed by atoms with E-state index in [1.54, 1.807) is 23.1 Å². The first-order chi connectivity index (χ1) is 12.1. The molecule has 1 heterocycles. The normalized spacial score (nSPS) is 10.1. The third-order valence-corrected chi connectivity index (χ3v) is 3.53. The van der Waals surface area contributed by atoms with Crippen LogP contribution in [0, 0.1) is 6.92 Å². The second-order valence-corrected chi connectivity index (χ2v) is 5.41. The van der Waals surface area contributed by atoms with E-state index in [1.165, 1.54) is 6.26 Å². The van der Waals surface area contributed by atoms with Crippen molar-refractivity contribution in [1.29, 1.82) is 0 Å². The number of carbonyl (C=O) groups is 2. The van der Waals surface area contributed by atoms with Crippen LogP contribution in [-0.2, 0) is 6.54 Å². The number of carbonyl (C=O) groups excluding carboxylic acids is 2. The predicted octanol–water partition coefficient (Wildman–Crippen LogP) is 2.73. The first-order valence-corrected chi connectivity index (χ1v) is 7.86. The largest absolute Gasteiger partial charge is 0.446 e. The number of hydrogen-bond donors (Lipinski definition) is 1. The molecule has 25 heavy (non-hydrogen) atoms. The first-order valence-electron chi connectivity index (χ1n) is 7.86. The molecular weight excluding hydrogens is 318 g/mol. The number of benzene rings is 1. The van der Waals surface area contributed by atoms with Crippen molar-refractivity contribution in [3.63, 3.8) is 0 Å². The van der Waals surface area contributed by atoms with Gasteiger partial charge < -0.3 is 14.6 Å². The van der Waals surface area contributed by atoms with Gasteiger partial charge in [0.1, 0.15) is 6.26 Å². The minimum Gasteiger partial charge on any atom is -0.446 e. The quantitative estimate of drug-likeness (QED) is 0.750. The fourth-order valence-corrected chi connectivity index (χ4v) is 2.26. The lowest BCUT2D eigenvalue weighted by atomic mass is 10.1. The molecule has 0 radical (unpaired) electrons. The molecule has 1 N–H and O–H groups in total. The van der Waals surface area contributed by atoms with Crippen molar-refractivity contribution in [3.8, 4) is 0 Å². The molecule has 1 aromatic carbocycles. The average molecular weight is 339 g/mol. The zero-order valence-electron chi connectivity index (χ0n) is 14.2. The highest BCUT2D eigenvalue weighted by molar-refractivity contribution is 5.95. The second-order valence-electron chi connectivity index (χ2n) is 5.41.